The van der Waals surface area contributed by atoms with Crippen molar-refractivity contribution >= 4 is 16.7 Å². The number of aromatic nitrogens is 1. The van der Waals surface area contributed by atoms with E-state index in [2.05, 4.69) is 0 Å². The SMILES string of the molecule is CC(=O)Cn1c(C)cc(=O)c2cccc(C)c21. The van der Waals surface area contributed by atoms with E-state index in [1.54, 1.807) is 19.1 Å². The number of rotatable bonds is 2. The Kier molecular flexibility index (Phi) is 2.84. The molecule has 0 saturated carbocycles. The molecule has 88 valence electrons. The molecule has 17 heavy (non-hydrogen) atoms. The van der Waals surface area contributed by atoms with Crippen LogP contribution in [0.25, 0.3) is 10.9 Å². The van der Waals surface area contributed by atoms with E-state index in [1.165, 1.54) is 0 Å². The second-order valence-corrected chi connectivity index (χ2v) is 4.41. The molecule has 0 fully saturated rings. The highest BCUT2D eigenvalue weighted by molar-refractivity contribution is 5.84. The summed E-state index contributed by atoms with van der Waals surface area (Å²) in [5.74, 6) is 0.0845. The quantitative estimate of drug-likeness (QED) is 0.792. The van der Waals surface area contributed by atoms with Gasteiger partial charge in [-0.1, -0.05) is 12.1 Å². The van der Waals surface area contributed by atoms with E-state index in [4.69, 9.17) is 0 Å². The molecule has 0 aliphatic heterocycles. The molecule has 0 spiro atoms. The maximum absolute atomic E-state index is 11.9. The van der Waals surface area contributed by atoms with Crippen LogP contribution in [0, 0.1) is 13.8 Å². The van der Waals surface area contributed by atoms with Gasteiger partial charge in [-0.3, -0.25) is 9.59 Å². The Morgan fingerprint density at radius 2 is 2.00 bits per heavy atom. The average Bonchev–Trinajstić information content (AvgIpc) is 2.24. The summed E-state index contributed by atoms with van der Waals surface area (Å²) < 4.78 is 1.91. The van der Waals surface area contributed by atoms with E-state index in [-0.39, 0.29) is 11.2 Å². The Morgan fingerprint density at radius 3 is 2.65 bits per heavy atom. The van der Waals surface area contributed by atoms with Gasteiger partial charge in [-0.15, -0.1) is 0 Å². The smallest absolute Gasteiger partial charge is 0.189 e. The lowest BCUT2D eigenvalue weighted by molar-refractivity contribution is -0.117. The molecular weight excluding hydrogens is 214 g/mol. The summed E-state index contributed by atoms with van der Waals surface area (Å²) in [5, 5.41) is 0.678. The first-order chi connectivity index (χ1) is 8.00. The maximum atomic E-state index is 11.9. The van der Waals surface area contributed by atoms with E-state index in [9.17, 15) is 9.59 Å². The molecule has 0 saturated heterocycles. The first-order valence-corrected chi connectivity index (χ1v) is 5.60. The lowest BCUT2D eigenvalue weighted by Gasteiger charge is -2.14. The predicted molar refractivity (Wildman–Crippen MR) is 68.4 cm³/mol. The summed E-state index contributed by atoms with van der Waals surface area (Å²) in [6.07, 6.45) is 0. The Balaban J connectivity index is 2.90. The van der Waals surface area contributed by atoms with Crippen LogP contribution in [0.1, 0.15) is 18.2 Å². The minimum atomic E-state index is 0.0148. The van der Waals surface area contributed by atoms with E-state index >= 15 is 0 Å². The van der Waals surface area contributed by atoms with Crippen molar-refractivity contribution in [3.8, 4) is 0 Å². The standard InChI is InChI=1S/C14H15NO2/c1-9-5-4-6-12-13(17)7-10(2)15(14(9)12)8-11(3)16/h4-7H,8H2,1-3H3. The number of carbonyl (C=O) groups is 1. The number of hydrogen-bond acceptors (Lipinski definition) is 2. The second-order valence-electron chi connectivity index (χ2n) is 4.41. The van der Waals surface area contributed by atoms with Gasteiger partial charge in [0.05, 0.1) is 12.1 Å². The zero-order chi connectivity index (χ0) is 12.6. The first kappa shape index (κ1) is 11.6. The molecule has 0 bridgehead atoms. The van der Waals surface area contributed by atoms with Crippen LogP contribution < -0.4 is 5.43 Å². The van der Waals surface area contributed by atoms with Gasteiger partial charge in [-0.05, 0) is 32.4 Å². The number of fused-ring (bicyclic) bond motifs is 1. The molecule has 2 rings (SSSR count). The number of aryl methyl sites for hydroxylation is 2. The highest BCUT2D eigenvalue weighted by Crippen LogP contribution is 2.17. The third kappa shape index (κ3) is 2.00. The van der Waals surface area contributed by atoms with Crippen LogP contribution in [0.5, 0.6) is 0 Å². The Morgan fingerprint density at radius 1 is 1.29 bits per heavy atom. The van der Waals surface area contributed by atoms with Crippen LogP contribution in [0.2, 0.25) is 0 Å². The molecule has 0 amide bonds. The monoisotopic (exact) mass is 229 g/mol. The number of ketones is 1. The Bertz CT molecular complexity index is 653. The van der Waals surface area contributed by atoms with Crippen LogP contribution in [-0.4, -0.2) is 10.4 Å². The number of benzene rings is 1. The molecule has 3 nitrogen and oxygen atoms in total. The van der Waals surface area contributed by atoms with Crippen molar-refractivity contribution in [2.75, 3.05) is 0 Å². The molecule has 0 N–H and O–H groups in total. The molecule has 1 aromatic carbocycles. The first-order valence-electron chi connectivity index (χ1n) is 5.60. The van der Waals surface area contributed by atoms with Gasteiger partial charge in [-0.25, -0.2) is 0 Å². The fraction of sp³-hybridized carbons (Fsp3) is 0.286. The van der Waals surface area contributed by atoms with Crippen molar-refractivity contribution in [1.29, 1.82) is 0 Å². The van der Waals surface area contributed by atoms with Crippen LogP contribution in [-0.2, 0) is 11.3 Å². The van der Waals surface area contributed by atoms with Gasteiger partial charge < -0.3 is 4.57 Å². The molecule has 0 aliphatic carbocycles. The van der Waals surface area contributed by atoms with Crippen molar-refractivity contribution in [3.05, 3.63) is 45.7 Å². The normalized spacial score (nSPS) is 10.8. The van der Waals surface area contributed by atoms with Gasteiger partial charge >= 0.3 is 0 Å². The van der Waals surface area contributed by atoms with Crippen LogP contribution >= 0.6 is 0 Å². The van der Waals surface area contributed by atoms with Crippen molar-refractivity contribution < 1.29 is 4.79 Å². The number of hydrogen-bond donors (Lipinski definition) is 0. The molecule has 0 unspecified atom stereocenters. The molecule has 1 heterocycles. The number of nitrogens with zero attached hydrogens (tertiary/aromatic N) is 1. The largest absolute Gasteiger partial charge is 0.337 e. The number of Topliss-reactive ketones (excluding diaryl/α,β-unsaturated/α-hetero) is 1. The minimum Gasteiger partial charge on any atom is -0.337 e. The third-order valence-electron chi connectivity index (χ3n) is 2.92. The summed E-state index contributed by atoms with van der Waals surface area (Å²) in [5.41, 5.74) is 2.73. The highest BCUT2D eigenvalue weighted by Gasteiger charge is 2.09. The van der Waals surface area contributed by atoms with Gasteiger partial charge in [0, 0.05) is 17.1 Å². The molecule has 0 atom stereocenters. The number of pyridine rings is 1. The summed E-state index contributed by atoms with van der Waals surface area (Å²) in [4.78, 5) is 23.2. The van der Waals surface area contributed by atoms with Crippen molar-refractivity contribution in [2.24, 2.45) is 0 Å². The van der Waals surface area contributed by atoms with Gasteiger partial charge in [-0.2, -0.15) is 0 Å². The number of para-hydroxylation sites is 1. The maximum Gasteiger partial charge on any atom is 0.189 e. The predicted octanol–water partition coefficient (Wildman–Crippen LogP) is 2.21. The topological polar surface area (TPSA) is 39.1 Å². The number of carbonyl (C=O) groups excluding carboxylic acids is 1. The van der Waals surface area contributed by atoms with Crippen LogP contribution in [0.4, 0.5) is 0 Å². The van der Waals surface area contributed by atoms with Crippen molar-refractivity contribution in [2.45, 2.75) is 27.3 Å². The molecule has 1 aromatic heterocycles. The van der Waals surface area contributed by atoms with Gasteiger partial charge in [0.15, 0.2) is 5.43 Å². The van der Waals surface area contributed by atoms with Crippen LogP contribution in [0.15, 0.2) is 29.1 Å². The van der Waals surface area contributed by atoms with E-state index in [0.717, 1.165) is 16.8 Å². The van der Waals surface area contributed by atoms with E-state index in [0.29, 0.717) is 11.9 Å². The second kappa shape index (κ2) is 4.17. The zero-order valence-corrected chi connectivity index (χ0v) is 10.3. The van der Waals surface area contributed by atoms with Gasteiger partial charge in [0.1, 0.15) is 5.78 Å². The Labute approximate surface area is 99.7 Å². The minimum absolute atomic E-state index is 0.0148. The highest BCUT2D eigenvalue weighted by atomic mass is 16.1. The lowest BCUT2D eigenvalue weighted by Crippen LogP contribution is -2.16. The fourth-order valence-electron chi connectivity index (χ4n) is 2.16. The average molecular weight is 229 g/mol. The Hall–Kier alpha value is -1.90. The summed E-state index contributed by atoms with van der Waals surface area (Å²) >= 11 is 0. The molecule has 0 aliphatic rings. The summed E-state index contributed by atoms with van der Waals surface area (Å²) in [7, 11) is 0. The van der Waals surface area contributed by atoms with Crippen molar-refractivity contribution in [1.82, 2.24) is 4.57 Å². The van der Waals surface area contributed by atoms with Gasteiger partial charge in [0.25, 0.3) is 0 Å². The summed E-state index contributed by atoms with van der Waals surface area (Å²) in [6.45, 7) is 5.68. The molecular formula is C14H15NO2. The zero-order valence-electron chi connectivity index (χ0n) is 10.3. The third-order valence-corrected chi connectivity index (χ3v) is 2.92. The molecule has 3 heteroatoms. The fourth-order valence-corrected chi connectivity index (χ4v) is 2.16. The summed E-state index contributed by atoms with van der Waals surface area (Å²) in [6, 6.07) is 7.22. The molecule has 2 aromatic rings. The molecule has 0 radical (unpaired) electrons. The lowest BCUT2D eigenvalue weighted by atomic mass is 10.1. The van der Waals surface area contributed by atoms with E-state index in [1.807, 2.05) is 30.5 Å². The van der Waals surface area contributed by atoms with Crippen LogP contribution in [0.3, 0.4) is 0 Å². The van der Waals surface area contributed by atoms with Gasteiger partial charge in [0.2, 0.25) is 0 Å². The van der Waals surface area contributed by atoms with Crippen molar-refractivity contribution in [3.63, 3.8) is 0 Å². The van der Waals surface area contributed by atoms with E-state index < -0.39 is 0 Å².